The summed E-state index contributed by atoms with van der Waals surface area (Å²) >= 11 is 0. The van der Waals surface area contributed by atoms with Gasteiger partial charge < -0.3 is 32.7 Å². The van der Waals surface area contributed by atoms with Crippen LogP contribution in [0.2, 0.25) is 0 Å². The highest BCUT2D eigenvalue weighted by molar-refractivity contribution is 5.81. The van der Waals surface area contributed by atoms with Gasteiger partial charge in [0.1, 0.15) is 0 Å². The van der Waals surface area contributed by atoms with E-state index in [2.05, 4.69) is 28.2 Å². The number of carbonyl (C=O) groups is 2. The fraction of sp³-hybridized carbons (Fsp3) is 0.917. The molecule has 190 valence electrons. The smallest absolute Gasteiger partial charge is 0.236 e. The van der Waals surface area contributed by atoms with E-state index >= 15 is 0 Å². The monoisotopic (exact) mass is 456 g/mol. The summed E-state index contributed by atoms with van der Waals surface area (Å²) in [6.07, 6.45) is 13.0. The van der Waals surface area contributed by atoms with Gasteiger partial charge in [-0.1, -0.05) is 32.6 Å². The van der Waals surface area contributed by atoms with E-state index in [4.69, 9.17) is 11.5 Å². The summed E-state index contributed by atoms with van der Waals surface area (Å²) in [6.45, 7) is 8.19. The molecule has 0 aliphatic rings. The van der Waals surface area contributed by atoms with Crippen LogP contribution in [0.3, 0.4) is 0 Å². The first-order chi connectivity index (χ1) is 15.6. The highest BCUT2D eigenvalue weighted by atomic mass is 16.2. The highest BCUT2D eigenvalue weighted by Gasteiger charge is 2.12. The maximum Gasteiger partial charge on any atom is 0.236 e. The average Bonchev–Trinajstić information content (AvgIpc) is 2.79. The van der Waals surface area contributed by atoms with Crippen molar-refractivity contribution in [3.05, 3.63) is 0 Å². The fourth-order valence-corrected chi connectivity index (χ4v) is 3.36. The molecule has 0 aliphatic heterocycles. The normalized spacial score (nSPS) is 12.0. The number of amides is 2. The van der Waals surface area contributed by atoms with Crippen molar-refractivity contribution >= 4 is 11.8 Å². The molecule has 8 nitrogen and oxygen atoms in total. The summed E-state index contributed by atoms with van der Waals surface area (Å²) in [7, 11) is 0. The number of rotatable bonds is 24. The first kappa shape index (κ1) is 30.8. The second-order valence-corrected chi connectivity index (χ2v) is 8.61. The van der Waals surface area contributed by atoms with Crippen LogP contribution in [0.5, 0.6) is 0 Å². The fourth-order valence-electron chi connectivity index (χ4n) is 3.36. The van der Waals surface area contributed by atoms with E-state index < -0.39 is 6.04 Å². The summed E-state index contributed by atoms with van der Waals surface area (Å²) in [5.74, 6) is 0.0565. The Morgan fingerprint density at radius 2 is 1.28 bits per heavy atom. The van der Waals surface area contributed by atoms with Crippen molar-refractivity contribution in [1.29, 1.82) is 0 Å². The Hall–Kier alpha value is -1.22. The van der Waals surface area contributed by atoms with Gasteiger partial charge in [0.15, 0.2) is 0 Å². The van der Waals surface area contributed by atoms with Gasteiger partial charge in [-0.15, -0.1) is 0 Å². The van der Waals surface area contributed by atoms with Crippen molar-refractivity contribution in [2.75, 3.05) is 45.8 Å². The number of nitrogens with two attached hydrogens (primary N) is 2. The molecule has 0 heterocycles. The first-order valence-electron chi connectivity index (χ1n) is 13.0. The van der Waals surface area contributed by atoms with Crippen LogP contribution in [0.4, 0.5) is 0 Å². The third-order valence-electron chi connectivity index (χ3n) is 5.45. The summed E-state index contributed by atoms with van der Waals surface area (Å²) in [6, 6.07) is -0.469. The van der Waals surface area contributed by atoms with Crippen LogP contribution in [0, 0.1) is 0 Å². The predicted molar refractivity (Wildman–Crippen MR) is 134 cm³/mol. The molecule has 0 aromatic heterocycles. The van der Waals surface area contributed by atoms with E-state index in [-0.39, 0.29) is 11.8 Å². The lowest BCUT2D eigenvalue weighted by molar-refractivity contribution is -0.123. The second kappa shape index (κ2) is 24.4. The molecule has 32 heavy (non-hydrogen) atoms. The lowest BCUT2D eigenvalue weighted by atomic mass is 10.1. The SMILES string of the molecule is CCCCCCCC(=O)NCCCC[C@@H](N)C(=O)NCCCNCCCCNCCCN. The van der Waals surface area contributed by atoms with Gasteiger partial charge >= 0.3 is 0 Å². The zero-order valence-electron chi connectivity index (χ0n) is 20.7. The molecular weight excluding hydrogens is 404 g/mol. The minimum atomic E-state index is -0.469. The minimum Gasteiger partial charge on any atom is -0.356 e. The van der Waals surface area contributed by atoms with Crippen LogP contribution in [-0.2, 0) is 9.59 Å². The van der Waals surface area contributed by atoms with Gasteiger partial charge in [0.25, 0.3) is 0 Å². The van der Waals surface area contributed by atoms with Crippen LogP contribution >= 0.6 is 0 Å². The molecule has 0 bridgehead atoms. The maximum absolute atomic E-state index is 12.0. The Bertz CT molecular complexity index is 437. The number of hydrogen-bond donors (Lipinski definition) is 6. The molecule has 8 N–H and O–H groups in total. The second-order valence-electron chi connectivity index (χ2n) is 8.61. The Kier molecular flexibility index (Phi) is 23.5. The molecule has 0 rings (SSSR count). The van der Waals surface area contributed by atoms with Crippen LogP contribution in [-0.4, -0.2) is 63.7 Å². The number of carbonyl (C=O) groups excluding carboxylic acids is 2. The molecule has 1 atom stereocenters. The molecule has 0 spiro atoms. The van der Waals surface area contributed by atoms with Crippen molar-refractivity contribution in [2.24, 2.45) is 11.5 Å². The molecule has 0 saturated carbocycles. The molecule has 0 saturated heterocycles. The predicted octanol–water partition coefficient (Wildman–Crippen LogP) is 1.78. The van der Waals surface area contributed by atoms with Crippen LogP contribution in [0.25, 0.3) is 0 Å². The van der Waals surface area contributed by atoms with Gasteiger partial charge in [-0.25, -0.2) is 0 Å². The van der Waals surface area contributed by atoms with E-state index in [0.29, 0.717) is 25.9 Å². The topological polar surface area (TPSA) is 134 Å². The van der Waals surface area contributed by atoms with Gasteiger partial charge in [-0.3, -0.25) is 9.59 Å². The Morgan fingerprint density at radius 3 is 1.97 bits per heavy atom. The Morgan fingerprint density at radius 1 is 0.688 bits per heavy atom. The van der Waals surface area contributed by atoms with Crippen LogP contribution in [0.1, 0.15) is 90.4 Å². The van der Waals surface area contributed by atoms with E-state index in [9.17, 15) is 9.59 Å². The van der Waals surface area contributed by atoms with Crippen molar-refractivity contribution in [1.82, 2.24) is 21.3 Å². The highest BCUT2D eigenvalue weighted by Crippen LogP contribution is 2.05. The largest absolute Gasteiger partial charge is 0.356 e. The van der Waals surface area contributed by atoms with Crippen molar-refractivity contribution < 1.29 is 9.59 Å². The minimum absolute atomic E-state index is 0.0790. The molecule has 0 aromatic carbocycles. The maximum atomic E-state index is 12.0. The molecular formula is C24H52N6O2. The lowest BCUT2D eigenvalue weighted by Gasteiger charge is -2.12. The molecule has 0 unspecified atom stereocenters. The van der Waals surface area contributed by atoms with E-state index in [1.165, 1.54) is 19.3 Å². The molecule has 0 aliphatic carbocycles. The molecule has 0 fully saturated rings. The van der Waals surface area contributed by atoms with Gasteiger partial charge in [-0.05, 0) is 84.1 Å². The summed E-state index contributed by atoms with van der Waals surface area (Å²) < 4.78 is 0. The standard InChI is InChI=1S/C24H52N6O2/c1-2-3-4-5-6-14-23(31)29-20-8-7-13-22(26)24(32)30-21-12-19-28-17-10-9-16-27-18-11-15-25/h22,27-28H,2-21,25-26H2,1H3,(H,29,31)(H,30,32)/t22-/m1/s1. The van der Waals surface area contributed by atoms with Crippen LogP contribution < -0.4 is 32.7 Å². The lowest BCUT2D eigenvalue weighted by Crippen LogP contribution is -2.41. The first-order valence-corrected chi connectivity index (χ1v) is 13.0. The van der Waals surface area contributed by atoms with E-state index in [0.717, 1.165) is 84.1 Å². The molecule has 0 radical (unpaired) electrons. The van der Waals surface area contributed by atoms with Gasteiger partial charge in [0.2, 0.25) is 11.8 Å². The summed E-state index contributed by atoms with van der Waals surface area (Å²) in [5, 5.41) is 12.7. The molecule has 0 aromatic rings. The zero-order chi connectivity index (χ0) is 23.7. The van der Waals surface area contributed by atoms with Gasteiger partial charge in [-0.2, -0.15) is 0 Å². The average molecular weight is 457 g/mol. The summed E-state index contributed by atoms with van der Waals surface area (Å²) in [4.78, 5) is 23.8. The third kappa shape index (κ3) is 22.0. The quantitative estimate of drug-likeness (QED) is 0.123. The summed E-state index contributed by atoms with van der Waals surface area (Å²) in [5.41, 5.74) is 11.4. The zero-order valence-corrected chi connectivity index (χ0v) is 20.7. The van der Waals surface area contributed by atoms with Gasteiger partial charge in [0, 0.05) is 19.5 Å². The third-order valence-corrected chi connectivity index (χ3v) is 5.45. The molecule has 2 amide bonds. The van der Waals surface area contributed by atoms with Crippen molar-refractivity contribution in [2.45, 2.75) is 96.4 Å². The van der Waals surface area contributed by atoms with E-state index in [1.54, 1.807) is 0 Å². The van der Waals surface area contributed by atoms with Crippen molar-refractivity contribution in [3.63, 3.8) is 0 Å². The van der Waals surface area contributed by atoms with Crippen molar-refractivity contribution in [3.8, 4) is 0 Å². The number of hydrogen-bond acceptors (Lipinski definition) is 6. The number of unbranched alkanes of at least 4 members (excludes halogenated alkanes) is 6. The van der Waals surface area contributed by atoms with E-state index in [1.807, 2.05) is 0 Å². The Balaban J connectivity index is 3.41. The van der Waals surface area contributed by atoms with Gasteiger partial charge in [0.05, 0.1) is 6.04 Å². The Labute approximate surface area is 196 Å². The van der Waals surface area contributed by atoms with Crippen LogP contribution in [0.15, 0.2) is 0 Å². The molecule has 8 heteroatoms. The number of nitrogens with one attached hydrogen (secondary N) is 4.